The number of amides is 1. The SMILES string of the molecule is CC(=O)c1ccc(OCc2ccc(C(=O)NCCn3cc([N+](=O)[O-])cn3)o2)cc1. The van der Waals surface area contributed by atoms with Gasteiger partial charge in [-0.25, -0.2) is 0 Å². The van der Waals surface area contributed by atoms with Crippen molar-refractivity contribution in [3.63, 3.8) is 0 Å². The molecule has 10 heteroatoms. The Morgan fingerprint density at radius 3 is 2.66 bits per heavy atom. The van der Waals surface area contributed by atoms with Crippen LogP contribution in [0.1, 0.15) is 33.6 Å². The van der Waals surface area contributed by atoms with E-state index in [1.54, 1.807) is 30.3 Å². The van der Waals surface area contributed by atoms with Gasteiger partial charge in [-0.2, -0.15) is 5.10 Å². The first-order valence-electron chi connectivity index (χ1n) is 8.70. The summed E-state index contributed by atoms with van der Waals surface area (Å²) in [5.74, 6) is 0.730. The molecule has 0 saturated heterocycles. The maximum Gasteiger partial charge on any atom is 0.306 e. The van der Waals surface area contributed by atoms with E-state index < -0.39 is 10.8 Å². The first-order valence-corrected chi connectivity index (χ1v) is 8.70. The second-order valence-corrected chi connectivity index (χ2v) is 6.11. The van der Waals surface area contributed by atoms with E-state index >= 15 is 0 Å². The Bertz CT molecular complexity index is 1020. The molecule has 0 aliphatic rings. The van der Waals surface area contributed by atoms with Gasteiger partial charge in [0.15, 0.2) is 11.5 Å². The number of carbonyl (C=O) groups is 2. The van der Waals surface area contributed by atoms with Gasteiger partial charge in [-0.05, 0) is 43.3 Å². The molecule has 3 rings (SSSR count). The van der Waals surface area contributed by atoms with Gasteiger partial charge in [0.2, 0.25) is 0 Å². The monoisotopic (exact) mass is 398 g/mol. The standard InChI is InChI=1S/C19H18N4O6/c1-13(24)14-2-4-16(5-3-14)28-12-17-6-7-18(29-17)19(25)20-8-9-22-11-15(10-21-22)23(26)27/h2-7,10-11H,8-9,12H2,1H3,(H,20,25). The average Bonchev–Trinajstić information content (AvgIpc) is 3.36. The van der Waals surface area contributed by atoms with Crippen LogP contribution in [0.2, 0.25) is 0 Å². The minimum atomic E-state index is -0.536. The molecule has 0 saturated carbocycles. The topological polar surface area (TPSA) is 130 Å². The molecular weight excluding hydrogens is 380 g/mol. The van der Waals surface area contributed by atoms with Crippen LogP contribution in [0, 0.1) is 10.1 Å². The summed E-state index contributed by atoms with van der Waals surface area (Å²) in [7, 11) is 0. The van der Waals surface area contributed by atoms with Gasteiger partial charge in [0.25, 0.3) is 5.91 Å². The summed E-state index contributed by atoms with van der Waals surface area (Å²) < 4.78 is 12.4. The number of nitro groups is 1. The van der Waals surface area contributed by atoms with Crippen molar-refractivity contribution >= 4 is 17.4 Å². The molecule has 0 atom stereocenters. The predicted octanol–water partition coefficient (Wildman–Crippen LogP) is 2.60. The zero-order chi connectivity index (χ0) is 20.8. The maximum atomic E-state index is 12.1. The molecule has 2 aromatic heterocycles. The summed E-state index contributed by atoms with van der Waals surface area (Å²) in [5.41, 5.74) is 0.488. The molecule has 0 radical (unpaired) electrons. The summed E-state index contributed by atoms with van der Waals surface area (Å²) in [4.78, 5) is 33.5. The second-order valence-electron chi connectivity index (χ2n) is 6.11. The number of benzene rings is 1. The van der Waals surface area contributed by atoms with Gasteiger partial charge in [0, 0.05) is 12.1 Å². The minimum Gasteiger partial charge on any atom is -0.486 e. The van der Waals surface area contributed by atoms with Gasteiger partial charge < -0.3 is 14.5 Å². The number of rotatable bonds is 9. The van der Waals surface area contributed by atoms with Crippen LogP contribution >= 0.6 is 0 Å². The average molecular weight is 398 g/mol. The van der Waals surface area contributed by atoms with Gasteiger partial charge in [-0.1, -0.05) is 0 Å². The summed E-state index contributed by atoms with van der Waals surface area (Å²) in [6.45, 7) is 2.13. The highest BCUT2D eigenvalue weighted by Gasteiger charge is 2.12. The quantitative estimate of drug-likeness (QED) is 0.333. The third-order valence-corrected chi connectivity index (χ3v) is 3.98. The minimum absolute atomic E-state index is 0.0241. The molecule has 29 heavy (non-hydrogen) atoms. The first kappa shape index (κ1) is 19.8. The fourth-order valence-corrected chi connectivity index (χ4v) is 2.46. The zero-order valence-corrected chi connectivity index (χ0v) is 15.5. The highest BCUT2D eigenvalue weighted by atomic mass is 16.6. The highest BCUT2D eigenvalue weighted by molar-refractivity contribution is 5.94. The molecule has 150 valence electrons. The third kappa shape index (κ3) is 5.28. The van der Waals surface area contributed by atoms with Gasteiger partial charge in [0.1, 0.15) is 30.5 Å². The fourth-order valence-electron chi connectivity index (χ4n) is 2.46. The molecule has 0 unspecified atom stereocenters. The molecule has 0 bridgehead atoms. The summed E-state index contributed by atoms with van der Waals surface area (Å²) in [6.07, 6.45) is 2.44. The summed E-state index contributed by atoms with van der Waals surface area (Å²) >= 11 is 0. The molecule has 1 N–H and O–H groups in total. The van der Waals surface area contributed by atoms with Crippen LogP contribution < -0.4 is 10.1 Å². The Morgan fingerprint density at radius 2 is 2.00 bits per heavy atom. The van der Waals surface area contributed by atoms with Crippen molar-refractivity contribution in [1.82, 2.24) is 15.1 Å². The lowest BCUT2D eigenvalue weighted by atomic mass is 10.1. The number of furan rings is 1. The van der Waals surface area contributed by atoms with Crippen LogP contribution in [0.3, 0.4) is 0 Å². The number of carbonyl (C=O) groups excluding carboxylic acids is 2. The van der Waals surface area contributed by atoms with Crippen molar-refractivity contribution in [2.45, 2.75) is 20.1 Å². The number of aromatic nitrogens is 2. The summed E-state index contributed by atoms with van der Waals surface area (Å²) in [5, 5.41) is 17.1. The Morgan fingerprint density at radius 1 is 1.24 bits per heavy atom. The number of nitrogens with zero attached hydrogens (tertiary/aromatic N) is 3. The van der Waals surface area contributed by atoms with Crippen LogP contribution in [-0.4, -0.2) is 32.9 Å². The molecule has 1 amide bonds. The fraction of sp³-hybridized carbons (Fsp3) is 0.211. The Hall–Kier alpha value is -3.95. The molecule has 0 aliphatic carbocycles. The van der Waals surface area contributed by atoms with Crippen LogP contribution in [0.4, 0.5) is 5.69 Å². The van der Waals surface area contributed by atoms with E-state index in [9.17, 15) is 19.7 Å². The van der Waals surface area contributed by atoms with Crippen LogP contribution in [0.15, 0.2) is 53.2 Å². The van der Waals surface area contributed by atoms with Crippen molar-refractivity contribution in [2.24, 2.45) is 0 Å². The first-order chi connectivity index (χ1) is 13.9. The number of hydrogen-bond acceptors (Lipinski definition) is 7. The van der Waals surface area contributed by atoms with Gasteiger partial charge in [0.05, 0.1) is 11.5 Å². The second kappa shape index (κ2) is 8.83. The van der Waals surface area contributed by atoms with E-state index in [0.717, 1.165) is 6.20 Å². The number of Topliss-reactive ketones (excluding diaryl/α,β-unsaturated/α-hetero) is 1. The number of ether oxygens (including phenoxy) is 1. The van der Waals surface area contributed by atoms with E-state index in [1.807, 2.05) is 0 Å². The largest absolute Gasteiger partial charge is 0.486 e. The smallest absolute Gasteiger partial charge is 0.306 e. The van der Waals surface area contributed by atoms with Gasteiger partial charge in [-0.15, -0.1) is 0 Å². The van der Waals surface area contributed by atoms with E-state index in [0.29, 0.717) is 17.1 Å². The van der Waals surface area contributed by atoms with E-state index in [2.05, 4.69) is 10.4 Å². The van der Waals surface area contributed by atoms with Crippen molar-refractivity contribution in [3.8, 4) is 5.75 Å². The van der Waals surface area contributed by atoms with Crippen molar-refractivity contribution in [3.05, 3.63) is 76.0 Å². The summed E-state index contributed by atoms with van der Waals surface area (Å²) in [6, 6.07) is 9.89. The van der Waals surface area contributed by atoms with Crippen LogP contribution in [-0.2, 0) is 13.2 Å². The molecule has 0 spiro atoms. The number of hydrogen-bond donors (Lipinski definition) is 1. The number of ketones is 1. The molecule has 3 aromatic rings. The third-order valence-electron chi connectivity index (χ3n) is 3.98. The molecular formula is C19H18N4O6. The zero-order valence-electron chi connectivity index (χ0n) is 15.5. The lowest BCUT2D eigenvalue weighted by Crippen LogP contribution is -2.27. The lowest BCUT2D eigenvalue weighted by molar-refractivity contribution is -0.385. The maximum absolute atomic E-state index is 12.1. The van der Waals surface area contributed by atoms with Crippen molar-refractivity contribution in [2.75, 3.05) is 6.54 Å². The molecule has 0 aliphatic heterocycles. The molecule has 10 nitrogen and oxygen atoms in total. The van der Waals surface area contributed by atoms with Crippen molar-refractivity contribution in [1.29, 1.82) is 0 Å². The Kier molecular flexibility index (Phi) is 6.03. The van der Waals surface area contributed by atoms with Gasteiger partial charge >= 0.3 is 5.69 Å². The lowest BCUT2D eigenvalue weighted by Gasteiger charge is -2.05. The van der Waals surface area contributed by atoms with Gasteiger partial charge in [-0.3, -0.25) is 24.4 Å². The van der Waals surface area contributed by atoms with E-state index in [4.69, 9.17) is 9.15 Å². The van der Waals surface area contributed by atoms with Crippen LogP contribution in [0.25, 0.3) is 0 Å². The normalized spacial score (nSPS) is 10.5. The van der Waals surface area contributed by atoms with E-state index in [-0.39, 0.29) is 36.9 Å². The van der Waals surface area contributed by atoms with Crippen LogP contribution in [0.5, 0.6) is 5.75 Å². The van der Waals surface area contributed by atoms with Crippen molar-refractivity contribution < 1.29 is 23.7 Å². The highest BCUT2D eigenvalue weighted by Crippen LogP contribution is 2.16. The molecule has 1 aromatic carbocycles. The molecule has 2 heterocycles. The molecule has 0 fully saturated rings. The Labute approximate surface area is 165 Å². The Balaban J connectivity index is 1.46. The van der Waals surface area contributed by atoms with E-state index in [1.165, 1.54) is 23.9 Å². The number of nitrogens with one attached hydrogen (secondary N) is 1. The predicted molar refractivity (Wildman–Crippen MR) is 101 cm³/mol.